The molecule has 2 nitrogen and oxygen atoms in total. The second kappa shape index (κ2) is 16.5. The molecule has 1 heterocycles. The lowest BCUT2D eigenvalue weighted by molar-refractivity contribution is 1.18. The molecule has 0 bridgehead atoms. The van der Waals surface area contributed by atoms with Crippen LogP contribution in [0.25, 0.3) is 104 Å². The highest BCUT2D eigenvalue weighted by Crippen LogP contribution is 2.46. The summed E-state index contributed by atoms with van der Waals surface area (Å²) >= 11 is 0. The van der Waals surface area contributed by atoms with Crippen molar-refractivity contribution in [2.75, 3.05) is 4.90 Å². The van der Waals surface area contributed by atoms with Gasteiger partial charge in [0.25, 0.3) is 0 Å². The number of hydrogen-bond acceptors (Lipinski definition) is 1. The Morgan fingerprint density at radius 3 is 1.43 bits per heavy atom. The monoisotopic (exact) mass is 864 g/mol. The number of fused-ring (bicyclic) bond motifs is 7. The number of aromatic nitrogens is 1. The summed E-state index contributed by atoms with van der Waals surface area (Å²) in [5, 5.41) is 9.97. The number of anilines is 3. The minimum Gasteiger partial charge on any atom is -0.310 e. The molecule has 0 fully saturated rings. The van der Waals surface area contributed by atoms with Crippen LogP contribution in [0.5, 0.6) is 0 Å². The number of benzene rings is 12. The lowest BCUT2D eigenvalue weighted by Gasteiger charge is -2.27. The van der Waals surface area contributed by atoms with E-state index >= 15 is 0 Å². The first-order valence-corrected chi connectivity index (χ1v) is 23.4. The molecule has 0 atom stereocenters. The van der Waals surface area contributed by atoms with Gasteiger partial charge >= 0.3 is 0 Å². The zero-order valence-electron chi connectivity index (χ0n) is 37.3. The van der Waals surface area contributed by atoms with Gasteiger partial charge < -0.3 is 9.47 Å². The van der Waals surface area contributed by atoms with Gasteiger partial charge in [-0.2, -0.15) is 0 Å². The second-order valence-electron chi connectivity index (χ2n) is 17.7. The van der Waals surface area contributed by atoms with E-state index in [0.717, 1.165) is 22.7 Å². The summed E-state index contributed by atoms with van der Waals surface area (Å²) in [4.78, 5) is 2.41. The Balaban J connectivity index is 0.974. The third-order valence-corrected chi connectivity index (χ3v) is 13.7. The Bertz CT molecular complexity index is 3980. The summed E-state index contributed by atoms with van der Waals surface area (Å²) in [5.41, 5.74) is 16.4. The molecule has 0 amide bonds. The van der Waals surface area contributed by atoms with Crippen LogP contribution >= 0.6 is 0 Å². The van der Waals surface area contributed by atoms with Crippen molar-refractivity contribution in [1.29, 1.82) is 0 Å². The maximum atomic E-state index is 2.42. The van der Waals surface area contributed by atoms with Crippen molar-refractivity contribution in [2.45, 2.75) is 0 Å². The van der Waals surface area contributed by atoms with Crippen LogP contribution in [0.1, 0.15) is 0 Å². The second-order valence-corrected chi connectivity index (χ2v) is 17.7. The molecule has 12 aromatic carbocycles. The highest BCUT2D eigenvalue weighted by atomic mass is 15.1. The molecular formula is C66H44N2. The van der Waals surface area contributed by atoms with Gasteiger partial charge in [0.2, 0.25) is 0 Å². The van der Waals surface area contributed by atoms with E-state index in [1.165, 1.54) is 98.6 Å². The van der Waals surface area contributed by atoms with Gasteiger partial charge in [0.15, 0.2) is 0 Å². The normalized spacial score (nSPS) is 11.5. The number of para-hydroxylation sites is 2. The molecule has 0 saturated heterocycles. The average Bonchev–Trinajstić information content (AvgIpc) is 3.74. The Labute approximate surface area is 395 Å². The number of rotatable bonds is 8. The van der Waals surface area contributed by atoms with Gasteiger partial charge in [0.1, 0.15) is 0 Å². The van der Waals surface area contributed by atoms with Crippen LogP contribution in [0.3, 0.4) is 0 Å². The van der Waals surface area contributed by atoms with Gasteiger partial charge in [-0.1, -0.05) is 200 Å². The SMILES string of the molecule is c1ccc(-c2ccc(-c3ccc(N(c4ccc(-c5cc6ccccc6c6ccccc56)cc4)c4cccc(-c5c6ccccc6cc6c5c5ccccc5n6-c5ccccc5)c4)cc3)cc2)cc1. The zero-order valence-corrected chi connectivity index (χ0v) is 37.3. The van der Waals surface area contributed by atoms with E-state index in [2.05, 4.69) is 276 Å². The predicted octanol–water partition coefficient (Wildman–Crippen LogP) is 18.4. The average molecular weight is 865 g/mol. The van der Waals surface area contributed by atoms with E-state index < -0.39 is 0 Å². The van der Waals surface area contributed by atoms with E-state index in [4.69, 9.17) is 0 Å². The number of hydrogen-bond donors (Lipinski definition) is 0. The molecule has 68 heavy (non-hydrogen) atoms. The lowest BCUT2D eigenvalue weighted by Crippen LogP contribution is -2.10. The molecule has 0 aliphatic carbocycles. The zero-order chi connectivity index (χ0) is 45.0. The van der Waals surface area contributed by atoms with Crippen LogP contribution in [0, 0.1) is 0 Å². The van der Waals surface area contributed by atoms with Gasteiger partial charge in [-0.15, -0.1) is 0 Å². The van der Waals surface area contributed by atoms with Gasteiger partial charge in [-0.3, -0.25) is 0 Å². The van der Waals surface area contributed by atoms with E-state index in [1.807, 2.05) is 0 Å². The minimum atomic E-state index is 1.08. The summed E-state index contributed by atoms with van der Waals surface area (Å²) in [6.07, 6.45) is 0. The van der Waals surface area contributed by atoms with Crippen molar-refractivity contribution < 1.29 is 0 Å². The fourth-order valence-corrected chi connectivity index (χ4v) is 10.6. The molecule has 0 radical (unpaired) electrons. The standard InChI is InChI=1S/C66H44N2/c1-3-16-45(17-4-1)46-30-32-47(33-31-46)48-34-38-54(39-35-48)67(55-40-36-49(37-41-55)62-43-50-18-7-9-24-57(50)59-26-11-12-27-60(59)62)56-23-15-20-52(42-56)65-58-25-10-8-19-51(58)44-64-66(65)61-28-13-14-29-63(61)68(64)53-21-5-2-6-22-53/h1-44H. The highest BCUT2D eigenvalue weighted by molar-refractivity contribution is 6.23. The first kappa shape index (κ1) is 39.4. The van der Waals surface area contributed by atoms with Gasteiger partial charge in [-0.05, 0) is 144 Å². The fraction of sp³-hybridized carbons (Fsp3) is 0. The van der Waals surface area contributed by atoms with Crippen LogP contribution < -0.4 is 4.90 Å². The smallest absolute Gasteiger partial charge is 0.0553 e. The van der Waals surface area contributed by atoms with Crippen LogP contribution in [0.15, 0.2) is 267 Å². The minimum absolute atomic E-state index is 1.08. The van der Waals surface area contributed by atoms with E-state index in [-0.39, 0.29) is 0 Å². The largest absolute Gasteiger partial charge is 0.310 e. The van der Waals surface area contributed by atoms with Crippen molar-refractivity contribution >= 4 is 71.2 Å². The Morgan fingerprint density at radius 2 is 0.750 bits per heavy atom. The first-order chi connectivity index (χ1) is 33.7. The maximum absolute atomic E-state index is 2.42. The Morgan fingerprint density at radius 1 is 0.265 bits per heavy atom. The van der Waals surface area contributed by atoms with Crippen LogP contribution in [0.4, 0.5) is 17.1 Å². The van der Waals surface area contributed by atoms with E-state index in [9.17, 15) is 0 Å². The van der Waals surface area contributed by atoms with Gasteiger partial charge in [-0.25, -0.2) is 0 Å². The first-order valence-electron chi connectivity index (χ1n) is 23.4. The van der Waals surface area contributed by atoms with Crippen molar-refractivity contribution in [3.8, 4) is 50.2 Å². The quantitative estimate of drug-likeness (QED) is 0.138. The summed E-state index contributed by atoms with van der Waals surface area (Å²) in [7, 11) is 0. The van der Waals surface area contributed by atoms with E-state index in [1.54, 1.807) is 0 Å². The summed E-state index contributed by atoms with van der Waals surface area (Å²) < 4.78 is 2.42. The van der Waals surface area contributed by atoms with Crippen LogP contribution in [-0.2, 0) is 0 Å². The molecule has 0 unspecified atom stereocenters. The molecule has 1 aromatic heterocycles. The molecule has 13 rings (SSSR count). The van der Waals surface area contributed by atoms with Crippen molar-refractivity contribution in [3.05, 3.63) is 267 Å². The van der Waals surface area contributed by atoms with Crippen molar-refractivity contribution in [2.24, 2.45) is 0 Å². The van der Waals surface area contributed by atoms with Gasteiger partial charge in [0, 0.05) is 33.5 Å². The topological polar surface area (TPSA) is 8.17 Å². The fourth-order valence-electron chi connectivity index (χ4n) is 10.6. The molecule has 318 valence electrons. The van der Waals surface area contributed by atoms with Crippen molar-refractivity contribution in [1.82, 2.24) is 4.57 Å². The predicted molar refractivity (Wildman–Crippen MR) is 290 cm³/mol. The Hall–Kier alpha value is -8.98. The summed E-state index contributed by atoms with van der Waals surface area (Å²) in [6, 6.07) is 97.5. The van der Waals surface area contributed by atoms with Crippen LogP contribution in [-0.4, -0.2) is 4.57 Å². The Kier molecular flexibility index (Phi) is 9.54. The molecule has 0 aliphatic rings. The molecule has 0 saturated carbocycles. The van der Waals surface area contributed by atoms with Gasteiger partial charge in [0.05, 0.1) is 11.0 Å². The molecule has 0 N–H and O–H groups in total. The summed E-state index contributed by atoms with van der Waals surface area (Å²) in [5.74, 6) is 0. The summed E-state index contributed by atoms with van der Waals surface area (Å²) in [6.45, 7) is 0. The van der Waals surface area contributed by atoms with E-state index in [0.29, 0.717) is 0 Å². The molecule has 13 aromatic rings. The maximum Gasteiger partial charge on any atom is 0.0553 e. The molecule has 0 aliphatic heterocycles. The third kappa shape index (κ3) is 6.73. The third-order valence-electron chi connectivity index (χ3n) is 13.7. The van der Waals surface area contributed by atoms with Crippen LogP contribution in [0.2, 0.25) is 0 Å². The molecule has 0 spiro atoms. The highest BCUT2D eigenvalue weighted by Gasteiger charge is 2.21. The van der Waals surface area contributed by atoms with Crippen molar-refractivity contribution in [3.63, 3.8) is 0 Å². The number of nitrogens with zero attached hydrogens (tertiary/aromatic N) is 2. The molecule has 2 heteroatoms. The molecular weight excluding hydrogens is 821 g/mol. The lowest BCUT2D eigenvalue weighted by atomic mass is 9.92.